The highest BCUT2D eigenvalue weighted by atomic mass is 19.4. The summed E-state index contributed by atoms with van der Waals surface area (Å²) in [7, 11) is 0. The maximum Gasteiger partial charge on any atom is 0.416 e. The predicted molar refractivity (Wildman–Crippen MR) is 65.5 cm³/mol. The Morgan fingerprint density at radius 2 is 1.71 bits per heavy atom. The van der Waals surface area contributed by atoms with Crippen LogP contribution < -0.4 is 0 Å². The number of carbonyl (C=O) groups is 1. The number of esters is 1. The van der Waals surface area contributed by atoms with E-state index in [0.717, 1.165) is 0 Å². The Bertz CT molecular complexity index is 474. The van der Waals surface area contributed by atoms with Crippen LogP contribution in [0.15, 0.2) is 12.1 Å². The van der Waals surface area contributed by atoms with Gasteiger partial charge in [0.2, 0.25) is 0 Å². The maximum atomic E-state index is 13.5. The number of hydrogen-bond acceptors (Lipinski definition) is 2. The summed E-state index contributed by atoms with van der Waals surface area (Å²) in [5, 5.41) is 0. The summed E-state index contributed by atoms with van der Waals surface area (Å²) in [6.07, 6.45) is -4.13. The SMILES string of the molecule is CCOC(=O)CCCCc1c(F)cc(C(F)(F)F)cc1F. The van der Waals surface area contributed by atoms with E-state index in [0.29, 0.717) is 6.42 Å². The van der Waals surface area contributed by atoms with Crippen molar-refractivity contribution in [3.05, 3.63) is 34.9 Å². The summed E-state index contributed by atoms with van der Waals surface area (Å²) in [6.45, 7) is 1.91. The normalized spacial score (nSPS) is 11.5. The van der Waals surface area contributed by atoms with Crippen LogP contribution in [0.1, 0.15) is 37.3 Å². The Morgan fingerprint density at radius 1 is 1.14 bits per heavy atom. The first-order valence-corrected chi connectivity index (χ1v) is 6.46. The smallest absolute Gasteiger partial charge is 0.416 e. The number of hydrogen-bond donors (Lipinski definition) is 0. The van der Waals surface area contributed by atoms with E-state index in [-0.39, 0.29) is 38.0 Å². The number of halogens is 5. The van der Waals surface area contributed by atoms with Crippen LogP contribution in [0.5, 0.6) is 0 Å². The third kappa shape index (κ3) is 5.32. The molecule has 21 heavy (non-hydrogen) atoms. The molecule has 0 radical (unpaired) electrons. The first kappa shape index (κ1) is 17.4. The fraction of sp³-hybridized carbons (Fsp3) is 0.500. The fourth-order valence-electron chi connectivity index (χ4n) is 1.81. The molecule has 0 aliphatic rings. The number of ether oxygens (including phenoxy) is 1. The lowest BCUT2D eigenvalue weighted by Gasteiger charge is -2.10. The van der Waals surface area contributed by atoms with E-state index >= 15 is 0 Å². The Hall–Kier alpha value is -1.66. The van der Waals surface area contributed by atoms with Crippen molar-refractivity contribution < 1.29 is 31.5 Å². The second-order valence-corrected chi connectivity index (χ2v) is 4.43. The molecule has 0 amide bonds. The Kier molecular flexibility index (Phi) is 6.11. The lowest BCUT2D eigenvalue weighted by molar-refractivity contribution is -0.143. The first-order chi connectivity index (χ1) is 9.75. The molecule has 0 heterocycles. The van der Waals surface area contributed by atoms with Gasteiger partial charge in [0.15, 0.2) is 0 Å². The molecule has 118 valence electrons. The van der Waals surface area contributed by atoms with Crippen molar-refractivity contribution in [3.63, 3.8) is 0 Å². The molecule has 0 N–H and O–H groups in total. The van der Waals surface area contributed by atoms with Crippen LogP contribution in [0.25, 0.3) is 0 Å². The predicted octanol–water partition coefficient (Wildman–Crippen LogP) is 4.26. The highest BCUT2D eigenvalue weighted by molar-refractivity contribution is 5.69. The van der Waals surface area contributed by atoms with Crippen LogP contribution in [-0.4, -0.2) is 12.6 Å². The Balaban J connectivity index is 2.62. The average molecular weight is 310 g/mol. The molecule has 0 saturated heterocycles. The monoisotopic (exact) mass is 310 g/mol. The first-order valence-electron chi connectivity index (χ1n) is 6.46. The van der Waals surface area contributed by atoms with E-state index in [1.807, 2.05) is 0 Å². The van der Waals surface area contributed by atoms with E-state index in [9.17, 15) is 26.7 Å². The van der Waals surface area contributed by atoms with Gasteiger partial charge in [-0.15, -0.1) is 0 Å². The zero-order chi connectivity index (χ0) is 16.0. The number of rotatable bonds is 6. The number of carbonyl (C=O) groups excluding carboxylic acids is 1. The third-order valence-electron chi connectivity index (χ3n) is 2.83. The molecule has 0 bridgehead atoms. The zero-order valence-electron chi connectivity index (χ0n) is 11.4. The summed E-state index contributed by atoms with van der Waals surface area (Å²) in [4.78, 5) is 11.0. The molecule has 0 atom stereocenters. The van der Waals surface area contributed by atoms with Crippen LogP contribution >= 0.6 is 0 Å². The van der Waals surface area contributed by atoms with Crippen LogP contribution in [-0.2, 0) is 22.1 Å². The van der Waals surface area contributed by atoms with E-state index < -0.39 is 34.9 Å². The van der Waals surface area contributed by atoms with Gasteiger partial charge in [0.05, 0.1) is 12.2 Å². The zero-order valence-corrected chi connectivity index (χ0v) is 11.4. The van der Waals surface area contributed by atoms with Crippen LogP contribution in [0, 0.1) is 11.6 Å². The molecule has 0 aromatic heterocycles. The molecular formula is C14H15F5O2. The van der Waals surface area contributed by atoms with Gasteiger partial charge in [-0.25, -0.2) is 8.78 Å². The topological polar surface area (TPSA) is 26.3 Å². The molecule has 1 rings (SSSR count). The van der Waals surface area contributed by atoms with Gasteiger partial charge in [-0.2, -0.15) is 13.2 Å². The highest BCUT2D eigenvalue weighted by Crippen LogP contribution is 2.31. The van der Waals surface area contributed by atoms with Gasteiger partial charge in [-0.3, -0.25) is 4.79 Å². The molecule has 0 aliphatic carbocycles. The van der Waals surface area contributed by atoms with Gasteiger partial charge in [0.25, 0.3) is 0 Å². The van der Waals surface area contributed by atoms with Crippen molar-refractivity contribution in [2.75, 3.05) is 6.61 Å². The van der Waals surface area contributed by atoms with Crippen molar-refractivity contribution in [2.24, 2.45) is 0 Å². The Labute approximate surface area is 118 Å². The number of unbranched alkanes of at least 4 members (excludes halogenated alkanes) is 1. The van der Waals surface area contributed by atoms with Crippen molar-refractivity contribution in [3.8, 4) is 0 Å². The Morgan fingerprint density at radius 3 is 2.19 bits per heavy atom. The van der Waals surface area contributed by atoms with E-state index in [1.54, 1.807) is 6.92 Å². The molecule has 0 spiro atoms. The highest BCUT2D eigenvalue weighted by Gasteiger charge is 2.32. The summed E-state index contributed by atoms with van der Waals surface area (Å²) in [5.41, 5.74) is -1.75. The lowest BCUT2D eigenvalue weighted by atomic mass is 10.0. The molecular weight excluding hydrogens is 295 g/mol. The summed E-state index contributed by atoms with van der Waals surface area (Å²) in [6, 6.07) is 0.563. The largest absolute Gasteiger partial charge is 0.466 e. The molecule has 2 nitrogen and oxygen atoms in total. The number of benzene rings is 1. The quantitative estimate of drug-likeness (QED) is 0.446. The lowest BCUT2D eigenvalue weighted by Crippen LogP contribution is -2.09. The third-order valence-corrected chi connectivity index (χ3v) is 2.83. The summed E-state index contributed by atoms with van der Waals surface area (Å²) >= 11 is 0. The minimum Gasteiger partial charge on any atom is -0.466 e. The molecule has 0 saturated carbocycles. The van der Waals surface area contributed by atoms with Gasteiger partial charge in [-0.1, -0.05) is 0 Å². The molecule has 0 unspecified atom stereocenters. The van der Waals surface area contributed by atoms with Crippen LogP contribution in [0.4, 0.5) is 22.0 Å². The van der Waals surface area contributed by atoms with Gasteiger partial charge in [-0.05, 0) is 38.3 Å². The summed E-state index contributed by atoms with van der Waals surface area (Å²) in [5.74, 6) is -2.86. The molecule has 1 aromatic carbocycles. The van der Waals surface area contributed by atoms with E-state index in [1.165, 1.54) is 0 Å². The minimum atomic E-state index is -4.79. The molecule has 7 heteroatoms. The van der Waals surface area contributed by atoms with Crippen molar-refractivity contribution in [1.82, 2.24) is 0 Å². The maximum absolute atomic E-state index is 13.5. The second kappa shape index (κ2) is 7.38. The van der Waals surface area contributed by atoms with Crippen LogP contribution in [0.3, 0.4) is 0 Å². The van der Waals surface area contributed by atoms with Crippen LogP contribution in [0.2, 0.25) is 0 Å². The van der Waals surface area contributed by atoms with Crippen molar-refractivity contribution in [2.45, 2.75) is 38.8 Å². The molecule has 0 fully saturated rings. The minimum absolute atomic E-state index is 0.0742. The van der Waals surface area contributed by atoms with Crippen molar-refractivity contribution in [1.29, 1.82) is 0 Å². The second-order valence-electron chi connectivity index (χ2n) is 4.43. The van der Waals surface area contributed by atoms with E-state index in [2.05, 4.69) is 4.74 Å². The molecule has 0 aliphatic heterocycles. The molecule has 1 aromatic rings. The average Bonchev–Trinajstić information content (AvgIpc) is 2.36. The summed E-state index contributed by atoms with van der Waals surface area (Å²) < 4.78 is 68.8. The van der Waals surface area contributed by atoms with Gasteiger partial charge in [0.1, 0.15) is 11.6 Å². The van der Waals surface area contributed by atoms with Gasteiger partial charge < -0.3 is 4.74 Å². The van der Waals surface area contributed by atoms with E-state index in [4.69, 9.17) is 0 Å². The standard InChI is InChI=1S/C14H15F5O2/c1-2-21-13(20)6-4-3-5-10-11(15)7-9(8-12(10)16)14(17,18)19/h7-8H,2-6H2,1H3. The van der Waals surface area contributed by atoms with Gasteiger partial charge in [0, 0.05) is 12.0 Å². The van der Waals surface area contributed by atoms with Gasteiger partial charge >= 0.3 is 12.1 Å². The van der Waals surface area contributed by atoms with Crippen molar-refractivity contribution >= 4 is 5.97 Å². The fourth-order valence-corrected chi connectivity index (χ4v) is 1.81. The number of alkyl halides is 3.